The van der Waals surface area contributed by atoms with E-state index in [0.29, 0.717) is 6.42 Å². The SMILES string of the molecule is Cn1ccnc1C(NN)C1CCCC(S(C)(=O)=O)C1. The molecule has 1 aliphatic carbocycles. The molecule has 0 aliphatic heterocycles. The van der Waals surface area contributed by atoms with Gasteiger partial charge in [0.1, 0.15) is 15.7 Å². The van der Waals surface area contributed by atoms with Crippen LogP contribution in [-0.4, -0.2) is 29.5 Å². The highest BCUT2D eigenvalue weighted by atomic mass is 32.2. The van der Waals surface area contributed by atoms with Gasteiger partial charge in [0, 0.05) is 25.7 Å². The van der Waals surface area contributed by atoms with Crippen molar-refractivity contribution in [2.75, 3.05) is 6.26 Å². The van der Waals surface area contributed by atoms with E-state index < -0.39 is 9.84 Å². The molecule has 6 nitrogen and oxygen atoms in total. The fourth-order valence-corrected chi connectivity index (χ4v) is 4.16. The molecule has 0 radical (unpaired) electrons. The van der Waals surface area contributed by atoms with Gasteiger partial charge in [0.2, 0.25) is 0 Å². The molecule has 19 heavy (non-hydrogen) atoms. The van der Waals surface area contributed by atoms with E-state index >= 15 is 0 Å². The molecule has 1 aliphatic rings. The molecule has 0 aromatic carbocycles. The zero-order chi connectivity index (χ0) is 14.0. The predicted octanol–water partition coefficient (Wildman–Crippen LogP) is 0.528. The number of nitrogens with zero attached hydrogens (tertiary/aromatic N) is 2. The van der Waals surface area contributed by atoms with Gasteiger partial charge in [-0.2, -0.15) is 0 Å². The first-order valence-electron chi connectivity index (χ1n) is 6.55. The quantitative estimate of drug-likeness (QED) is 0.622. The number of aryl methyl sites for hydroxylation is 1. The molecule has 0 amide bonds. The largest absolute Gasteiger partial charge is 0.337 e. The summed E-state index contributed by atoms with van der Waals surface area (Å²) in [6.07, 6.45) is 8.24. The number of nitrogens with two attached hydrogens (primary N) is 1. The van der Waals surface area contributed by atoms with Gasteiger partial charge in [-0.3, -0.25) is 5.84 Å². The molecule has 0 bridgehead atoms. The van der Waals surface area contributed by atoms with Gasteiger partial charge in [0.05, 0.1) is 11.3 Å². The molecule has 2 rings (SSSR count). The lowest BCUT2D eigenvalue weighted by Crippen LogP contribution is -2.39. The summed E-state index contributed by atoms with van der Waals surface area (Å²) in [5.41, 5.74) is 2.81. The van der Waals surface area contributed by atoms with Crippen LogP contribution in [0.4, 0.5) is 0 Å². The lowest BCUT2D eigenvalue weighted by atomic mass is 9.83. The lowest BCUT2D eigenvalue weighted by Gasteiger charge is -2.33. The molecule has 108 valence electrons. The minimum Gasteiger partial charge on any atom is -0.337 e. The molecular formula is C12H22N4O2S. The zero-order valence-electron chi connectivity index (χ0n) is 11.4. The van der Waals surface area contributed by atoms with Gasteiger partial charge >= 0.3 is 0 Å². The molecule has 7 heteroatoms. The molecule has 3 atom stereocenters. The predicted molar refractivity (Wildman–Crippen MR) is 73.9 cm³/mol. The van der Waals surface area contributed by atoms with Crippen molar-refractivity contribution < 1.29 is 8.42 Å². The molecule has 1 aromatic rings. The maximum Gasteiger partial charge on any atom is 0.150 e. The second-order valence-electron chi connectivity index (χ2n) is 5.42. The molecule has 0 saturated heterocycles. The van der Waals surface area contributed by atoms with Crippen LogP contribution < -0.4 is 11.3 Å². The van der Waals surface area contributed by atoms with Crippen molar-refractivity contribution in [1.82, 2.24) is 15.0 Å². The van der Waals surface area contributed by atoms with Crippen LogP contribution >= 0.6 is 0 Å². The molecular weight excluding hydrogens is 264 g/mol. The van der Waals surface area contributed by atoms with Crippen molar-refractivity contribution in [3.8, 4) is 0 Å². The van der Waals surface area contributed by atoms with Crippen LogP contribution in [-0.2, 0) is 16.9 Å². The van der Waals surface area contributed by atoms with Crippen LogP contribution in [0.15, 0.2) is 12.4 Å². The minimum atomic E-state index is -2.98. The second-order valence-corrected chi connectivity index (χ2v) is 7.74. The Bertz CT molecular complexity index is 526. The summed E-state index contributed by atoms with van der Waals surface area (Å²) in [7, 11) is -1.06. The topological polar surface area (TPSA) is 90.0 Å². The van der Waals surface area contributed by atoms with Crippen LogP contribution in [0.25, 0.3) is 0 Å². The third kappa shape index (κ3) is 3.16. The Morgan fingerprint density at radius 3 is 2.79 bits per heavy atom. The van der Waals surface area contributed by atoms with Crippen molar-refractivity contribution in [2.24, 2.45) is 18.8 Å². The van der Waals surface area contributed by atoms with E-state index in [4.69, 9.17) is 5.84 Å². The molecule has 0 spiro atoms. The Balaban J connectivity index is 2.18. The summed E-state index contributed by atoms with van der Waals surface area (Å²) in [5.74, 6) is 6.74. The van der Waals surface area contributed by atoms with Gasteiger partial charge in [0.15, 0.2) is 0 Å². The van der Waals surface area contributed by atoms with E-state index in [0.717, 1.165) is 25.1 Å². The highest BCUT2D eigenvalue weighted by Crippen LogP contribution is 2.35. The molecule has 1 fully saturated rings. The first kappa shape index (κ1) is 14.5. The fourth-order valence-electron chi connectivity index (χ4n) is 2.97. The highest BCUT2D eigenvalue weighted by molar-refractivity contribution is 7.91. The van der Waals surface area contributed by atoms with E-state index in [1.165, 1.54) is 6.26 Å². The van der Waals surface area contributed by atoms with Gasteiger partial charge in [-0.1, -0.05) is 6.42 Å². The Morgan fingerprint density at radius 1 is 1.53 bits per heavy atom. The molecule has 3 unspecified atom stereocenters. The average molecular weight is 286 g/mol. The number of imidazole rings is 1. The second kappa shape index (κ2) is 5.60. The van der Waals surface area contributed by atoms with Crippen molar-refractivity contribution >= 4 is 9.84 Å². The normalized spacial score (nSPS) is 26.3. The third-order valence-electron chi connectivity index (χ3n) is 4.06. The number of sulfone groups is 1. The third-order valence-corrected chi connectivity index (χ3v) is 5.70. The summed E-state index contributed by atoms with van der Waals surface area (Å²) in [5, 5.41) is -0.248. The first-order chi connectivity index (χ1) is 8.93. The smallest absolute Gasteiger partial charge is 0.150 e. The number of aromatic nitrogens is 2. The summed E-state index contributed by atoms with van der Waals surface area (Å²) < 4.78 is 25.4. The zero-order valence-corrected chi connectivity index (χ0v) is 12.2. The van der Waals surface area contributed by atoms with Crippen molar-refractivity contribution in [3.63, 3.8) is 0 Å². The van der Waals surface area contributed by atoms with Gasteiger partial charge in [-0.05, 0) is 25.2 Å². The number of rotatable bonds is 4. The van der Waals surface area contributed by atoms with Gasteiger partial charge in [-0.15, -0.1) is 0 Å². The first-order valence-corrected chi connectivity index (χ1v) is 8.51. The number of hydrazine groups is 1. The van der Waals surface area contributed by atoms with Crippen LogP contribution in [0.1, 0.15) is 37.5 Å². The van der Waals surface area contributed by atoms with Crippen LogP contribution in [0.2, 0.25) is 0 Å². The van der Waals surface area contributed by atoms with E-state index in [9.17, 15) is 8.42 Å². The highest BCUT2D eigenvalue weighted by Gasteiger charge is 2.34. The Hall–Kier alpha value is -0.920. The van der Waals surface area contributed by atoms with E-state index in [1.807, 2.05) is 17.8 Å². The summed E-state index contributed by atoms with van der Waals surface area (Å²) >= 11 is 0. The van der Waals surface area contributed by atoms with E-state index in [-0.39, 0.29) is 17.2 Å². The maximum atomic E-state index is 11.7. The van der Waals surface area contributed by atoms with Crippen LogP contribution in [0, 0.1) is 5.92 Å². The van der Waals surface area contributed by atoms with E-state index in [2.05, 4.69) is 10.4 Å². The van der Waals surface area contributed by atoms with Crippen molar-refractivity contribution in [2.45, 2.75) is 37.0 Å². The van der Waals surface area contributed by atoms with Crippen LogP contribution in [0.3, 0.4) is 0 Å². The number of hydrogen-bond acceptors (Lipinski definition) is 5. The summed E-state index contributed by atoms with van der Waals surface area (Å²) in [6, 6.07) is -0.0930. The average Bonchev–Trinajstić information content (AvgIpc) is 2.76. The van der Waals surface area contributed by atoms with Crippen molar-refractivity contribution in [1.29, 1.82) is 0 Å². The van der Waals surface area contributed by atoms with Crippen LogP contribution in [0.5, 0.6) is 0 Å². The van der Waals surface area contributed by atoms with E-state index in [1.54, 1.807) is 6.20 Å². The fraction of sp³-hybridized carbons (Fsp3) is 0.750. The Morgan fingerprint density at radius 2 is 2.26 bits per heavy atom. The Labute approximate surface area is 114 Å². The maximum absolute atomic E-state index is 11.7. The van der Waals surface area contributed by atoms with Gasteiger partial charge < -0.3 is 4.57 Å². The summed E-state index contributed by atoms with van der Waals surface area (Å²) in [4.78, 5) is 4.32. The minimum absolute atomic E-state index is 0.0930. The molecule has 1 aromatic heterocycles. The Kier molecular flexibility index (Phi) is 4.27. The molecule has 1 saturated carbocycles. The standard InChI is InChI=1S/C12H22N4O2S/c1-16-7-6-14-12(16)11(15-13)9-4-3-5-10(8-9)19(2,17)18/h6-7,9-11,15H,3-5,8,13H2,1-2H3. The van der Waals surface area contributed by atoms with Gasteiger partial charge in [-0.25, -0.2) is 18.8 Å². The van der Waals surface area contributed by atoms with Gasteiger partial charge in [0.25, 0.3) is 0 Å². The number of hydrogen-bond donors (Lipinski definition) is 2. The monoisotopic (exact) mass is 286 g/mol. The number of nitrogens with one attached hydrogen (secondary N) is 1. The molecule has 3 N–H and O–H groups in total. The summed E-state index contributed by atoms with van der Waals surface area (Å²) in [6.45, 7) is 0. The molecule has 1 heterocycles. The van der Waals surface area contributed by atoms with Crippen molar-refractivity contribution in [3.05, 3.63) is 18.2 Å². The lowest BCUT2D eigenvalue weighted by molar-refractivity contribution is 0.263.